The van der Waals surface area contributed by atoms with Crippen LogP contribution in [0.15, 0.2) is 39.9 Å². The molecule has 1 aromatic rings. The SMILES string of the molecule is CCOC(=O)/C(N=Nc1ccc(C)cc1C)=C(/O)C(F)(F)F. The molecule has 8 heteroatoms. The minimum absolute atomic E-state index is 0.160. The van der Waals surface area contributed by atoms with E-state index in [1.807, 2.05) is 6.92 Å². The molecule has 0 aliphatic heterocycles. The molecule has 120 valence electrons. The zero-order chi connectivity index (χ0) is 16.9. The van der Waals surface area contributed by atoms with Crippen molar-refractivity contribution in [3.8, 4) is 0 Å². The number of nitrogens with zero attached hydrogens (tertiary/aromatic N) is 2. The monoisotopic (exact) mass is 316 g/mol. The minimum atomic E-state index is -5.12. The molecule has 0 atom stereocenters. The smallest absolute Gasteiger partial charge is 0.451 e. The number of halogens is 3. The Bertz CT molecular complexity index is 622. The molecule has 5 nitrogen and oxygen atoms in total. The van der Waals surface area contributed by atoms with E-state index in [1.54, 1.807) is 25.1 Å². The van der Waals surface area contributed by atoms with Crippen molar-refractivity contribution in [2.24, 2.45) is 10.2 Å². The molecule has 0 saturated heterocycles. The Morgan fingerprint density at radius 2 is 1.95 bits per heavy atom. The summed E-state index contributed by atoms with van der Waals surface area (Å²) in [6.45, 7) is 4.79. The van der Waals surface area contributed by atoms with E-state index in [2.05, 4.69) is 15.0 Å². The lowest BCUT2D eigenvalue weighted by Gasteiger charge is -2.08. The summed E-state index contributed by atoms with van der Waals surface area (Å²) in [6, 6.07) is 4.99. The first-order valence-corrected chi connectivity index (χ1v) is 6.33. The number of carbonyl (C=O) groups is 1. The highest BCUT2D eigenvalue weighted by Gasteiger charge is 2.39. The zero-order valence-corrected chi connectivity index (χ0v) is 12.2. The predicted octanol–water partition coefficient (Wildman–Crippen LogP) is 4.28. The molecule has 1 aromatic carbocycles. The van der Waals surface area contributed by atoms with Gasteiger partial charge in [-0.25, -0.2) is 4.79 Å². The second-order valence-electron chi connectivity index (χ2n) is 4.41. The Balaban J connectivity index is 3.24. The normalized spacial score (nSPS) is 13.2. The van der Waals surface area contributed by atoms with Crippen LogP contribution in [-0.2, 0) is 9.53 Å². The van der Waals surface area contributed by atoms with E-state index in [0.717, 1.165) is 5.56 Å². The van der Waals surface area contributed by atoms with Gasteiger partial charge in [0.05, 0.1) is 12.3 Å². The van der Waals surface area contributed by atoms with Crippen LogP contribution in [0.25, 0.3) is 0 Å². The van der Waals surface area contributed by atoms with Crippen LogP contribution in [0.3, 0.4) is 0 Å². The summed E-state index contributed by atoms with van der Waals surface area (Å²) in [5.74, 6) is -3.54. The second-order valence-corrected chi connectivity index (χ2v) is 4.41. The molecule has 0 spiro atoms. The van der Waals surface area contributed by atoms with Gasteiger partial charge in [-0.2, -0.15) is 13.2 Å². The third kappa shape index (κ3) is 4.57. The quantitative estimate of drug-likeness (QED) is 0.390. The fourth-order valence-electron chi connectivity index (χ4n) is 1.54. The van der Waals surface area contributed by atoms with E-state index in [1.165, 1.54) is 6.92 Å². The third-order valence-electron chi connectivity index (χ3n) is 2.57. The zero-order valence-electron chi connectivity index (χ0n) is 12.2. The lowest BCUT2D eigenvalue weighted by Crippen LogP contribution is -2.18. The van der Waals surface area contributed by atoms with Crippen molar-refractivity contribution in [3.05, 3.63) is 40.8 Å². The number of aryl methyl sites for hydroxylation is 2. The fourth-order valence-corrected chi connectivity index (χ4v) is 1.54. The number of hydrogen-bond acceptors (Lipinski definition) is 5. The Morgan fingerprint density at radius 3 is 2.45 bits per heavy atom. The van der Waals surface area contributed by atoms with E-state index < -0.39 is 23.6 Å². The number of rotatable bonds is 4. The molecule has 0 heterocycles. The maximum Gasteiger partial charge on any atom is 0.451 e. The summed E-state index contributed by atoms with van der Waals surface area (Å²) in [5.41, 5.74) is 0.603. The van der Waals surface area contributed by atoms with Crippen molar-refractivity contribution >= 4 is 11.7 Å². The van der Waals surface area contributed by atoms with Crippen molar-refractivity contribution in [1.29, 1.82) is 0 Å². The average Bonchev–Trinajstić information content (AvgIpc) is 2.40. The van der Waals surface area contributed by atoms with E-state index in [0.29, 0.717) is 5.56 Å². The van der Waals surface area contributed by atoms with Gasteiger partial charge in [0.2, 0.25) is 11.5 Å². The fraction of sp³-hybridized carbons (Fsp3) is 0.357. The number of azo groups is 1. The van der Waals surface area contributed by atoms with Crippen LogP contribution in [0.5, 0.6) is 0 Å². The molecule has 0 radical (unpaired) electrons. The van der Waals surface area contributed by atoms with Crippen molar-refractivity contribution in [2.45, 2.75) is 26.9 Å². The van der Waals surface area contributed by atoms with Gasteiger partial charge < -0.3 is 9.84 Å². The maximum atomic E-state index is 12.5. The van der Waals surface area contributed by atoms with E-state index in [9.17, 15) is 18.0 Å². The number of ether oxygens (including phenoxy) is 1. The number of carbonyl (C=O) groups excluding carboxylic acids is 1. The van der Waals surface area contributed by atoms with Gasteiger partial charge in [0.25, 0.3) is 0 Å². The highest BCUT2D eigenvalue weighted by molar-refractivity contribution is 5.88. The van der Waals surface area contributed by atoms with E-state index >= 15 is 0 Å². The molecule has 0 aromatic heterocycles. The van der Waals surface area contributed by atoms with Gasteiger partial charge in [0.1, 0.15) is 0 Å². The summed E-state index contributed by atoms with van der Waals surface area (Å²) in [7, 11) is 0. The first-order valence-electron chi connectivity index (χ1n) is 6.33. The molecule has 1 rings (SSSR count). The van der Waals surface area contributed by atoms with Crippen LogP contribution >= 0.6 is 0 Å². The minimum Gasteiger partial charge on any atom is -0.502 e. The molecular formula is C14H15F3N2O3. The second kappa shape index (κ2) is 7.06. The van der Waals surface area contributed by atoms with Crippen LogP contribution in [0.4, 0.5) is 18.9 Å². The Kier molecular flexibility index (Phi) is 5.67. The predicted molar refractivity (Wildman–Crippen MR) is 72.8 cm³/mol. The summed E-state index contributed by atoms with van der Waals surface area (Å²) in [4.78, 5) is 11.5. The van der Waals surface area contributed by atoms with E-state index in [-0.39, 0.29) is 12.3 Å². The molecule has 0 aliphatic carbocycles. The summed E-state index contributed by atoms with van der Waals surface area (Å²) in [6.07, 6.45) is -5.12. The molecule has 0 bridgehead atoms. The number of allylic oxidation sites excluding steroid dienone is 1. The van der Waals surface area contributed by atoms with Crippen LogP contribution in [0.1, 0.15) is 18.1 Å². The van der Waals surface area contributed by atoms with Crippen molar-refractivity contribution in [1.82, 2.24) is 0 Å². The first kappa shape index (κ1) is 17.7. The van der Waals surface area contributed by atoms with Crippen molar-refractivity contribution in [2.75, 3.05) is 6.61 Å². The number of hydrogen-bond donors (Lipinski definition) is 1. The van der Waals surface area contributed by atoms with Gasteiger partial charge in [-0.15, -0.1) is 10.2 Å². The Hall–Kier alpha value is -2.38. The molecule has 0 amide bonds. The lowest BCUT2D eigenvalue weighted by molar-refractivity contribution is -0.143. The highest BCUT2D eigenvalue weighted by Crippen LogP contribution is 2.28. The van der Waals surface area contributed by atoms with Gasteiger partial charge in [0.15, 0.2) is 0 Å². The van der Waals surface area contributed by atoms with Crippen molar-refractivity contribution in [3.63, 3.8) is 0 Å². The number of esters is 1. The molecule has 22 heavy (non-hydrogen) atoms. The molecule has 0 aliphatic rings. The molecule has 1 N–H and O–H groups in total. The van der Waals surface area contributed by atoms with Crippen LogP contribution in [0, 0.1) is 13.8 Å². The molecule has 0 saturated carbocycles. The standard InChI is InChI=1S/C14H15F3N2O3/c1-4-22-13(21)11(12(20)14(15,16)17)19-18-10-6-5-8(2)7-9(10)3/h5-7,20H,4H2,1-3H3/b12-11-,19-18?. The van der Waals surface area contributed by atoms with Crippen molar-refractivity contribution < 1.29 is 27.8 Å². The van der Waals surface area contributed by atoms with Gasteiger partial charge >= 0.3 is 12.1 Å². The highest BCUT2D eigenvalue weighted by atomic mass is 19.4. The lowest BCUT2D eigenvalue weighted by atomic mass is 10.1. The average molecular weight is 316 g/mol. The number of benzene rings is 1. The summed E-state index contributed by atoms with van der Waals surface area (Å²) < 4.78 is 42.1. The van der Waals surface area contributed by atoms with Crippen LogP contribution < -0.4 is 0 Å². The summed E-state index contributed by atoms with van der Waals surface area (Å²) in [5, 5.41) is 16.0. The summed E-state index contributed by atoms with van der Waals surface area (Å²) >= 11 is 0. The van der Waals surface area contributed by atoms with E-state index in [4.69, 9.17) is 5.11 Å². The van der Waals surface area contributed by atoms with Crippen LogP contribution in [0.2, 0.25) is 0 Å². The van der Waals surface area contributed by atoms with Gasteiger partial charge in [-0.1, -0.05) is 17.7 Å². The molecular weight excluding hydrogens is 301 g/mol. The first-order chi connectivity index (χ1) is 10.2. The molecule has 0 fully saturated rings. The third-order valence-corrected chi connectivity index (χ3v) is 2.57. The largest absolute Gasteiger partial charge is 0.502 e. The Labute approximate surface area is 125 Å². The van der Waals surface area contributed by atoms with Gasteiger partial charge in [-0.05, 0) is 32.4 Å². The number of aliphatic hydroxyl groups excluding tert-OH is 1. The molecule has 0 unspecified atom stereocenters. The van der Waals surface area contributed by atoms with Gasteiger partial charge in [0, 0.05) is 0 Å². The Morgan fingerprint density at radius 1 is 1.32 bits per heavy atom. The van der Waals surface area contributed by atoms with Crippen LogP contribution in [-0.4, -0.2) is 23.9 Å². The maximum absolute atomic E-state index is 12.5. The number of aliphatic hydroxyl groups is 1. The number of alkyl halides is 3. The topological polar surface area (TPSA) is 71.2 Å². The van der Waals surface area contributed by atoms with Gasteiger partial charge in [-0.3, -0.25) is 0 Å².